The third kappa shape index (κ3) is 3.11. The molecule has 0 radical (unpaired) electrons. The lowest BCUT2D eigenvalue weighted by Gasteiger charge is -2.33. The Kier molecular flexibility index (Phi) is 4.51. The van der Waals surface area contributed by atoms with Gasteiger partial charge in [-0.2, -0.15) is 5.26 Å². The number of amides is 1. The Bertz CT molecular complexity index is 521. The molecule has 0 saturated carbocycles. The van der Waals surface area contributed by atoms with Gasteiger partial charge in [-0.15, -0.1) is 0 Å². The summed E-state index contributed by atoms with van der Waals surface area (Å²) in [7, 11) is 0. The van der Waals surface area contributed by atoms with E-state index in [9.17, 15) is 9.18 Å². The molecule has 1 aromatic rings. The maximum Gasteiger partial charge on any atom is 0.255 e. The van der Waals surface area contributed by atoms with Crippen LogP contribution in [0.2, 0.25) is 0 Å². The van der Waals surface area contributed by atoms with Crippen molar-refractivity contribution >= 4 is 21.8 Å². The van der Waals surface area contributed by atoms with Crippen LogP contribution in [0.15, 0.2) is 22.7 Å². The van der Waals surface area contributed by atoms with Gasteiger partial charge in [0, 0.05) is 26.2 Å². The van der Waals surface area contributed by atoms with Crippen LogP contribution in [-0.4, -0.2) is 48.4 Å². The van der Waals surface area contributed by atoms with Gasteiger partial charge in [-0.3, -0.25) is 9.69 Å². The van der Waals surface area contributed by atoms with Gasteiger partial charge in [-0.1, -0.05) is 6.07 Å². The molecule has 1 aliphatic rings. The Morgan fingerprint density at radius 2 is 2.05 bits per heavy atom. The molecule has 0 aliphatic carbocycles. The highest BCUT2D eigenvalue weighted by Crippen LogP contribution is 2.22. The predicted octanol–water partition coefficient (Wildman–Crippen LogP) is 1.87. The van der Waals surface area contributed by atoms with Crippen LogP contribution < -0.4 is 0 Å². The Labute approximate surface area is 119 Å². The van der Waals surface area contributed by atoms with E-state index in [-0.39, 0.29) is 10.4 Å². The zero-order chi connectivity index (χ0) is 13.8. The lowest BCUT2D eigenvalue weighted by Crippen LogP contribution is -2.48. The monoisotopic (exact) mass is 325 g/mol. The molecule has 2 rings (SSSR count). The molecule has 19 heavy (non-hydrogen) atoms. The average Bonchev–Trinajstić information content (AvgIpc) is 2.42. The van der Waals surface area contributed by atoms with Crippen molar-refractivity contribution in [3.63, 3.8) is 0 Å². The molecule has 0 spiro atoms. The van der Waals surface area contributed by atoms with Gasteiger partial charge in [0.2, 0.25) is 0 Å². The second kappa shape index (κ2) is 6.13. The minimum Gasteiger partial charge on any atom is -0.336 e. The number of nitriles is 1. The number of carbonyl (C=O) groups excluding carboxylic acids is 1. The van der Waals surface area contributed by atoms with Crippen molar-refractivity contribution in [2.75, 3.05) is 32.7 Å². The van der Waals surface area contributed by atoms with Gasteiger partial charge in [0.1, 0.15) is 5.82 Å². The lowest BCUT2D eigenvalue weighted by atomic mass is 10.1. The summed E-state index contributed by atoms with van der Waals surface area (Å²) >= 11 is 3.11. The number of benzene rings is 1. The van der Waals surface area contributed by atoms with Gasteiger partial charge >= 0.3 is 0 Å². The van der Waals surface area contributed by atoms with Gasteiger partial charge < -0.3 is 4.90 Å². The Hall–Kier alpha value is -1.45. The van der Waals surface area contributed by atoms with Crippen LogP contribution in [0.5, 0.6) is 0 Å². The highest BCUT2D eigenvalue weighted by molar-refractivity contribution is 9.10. The molecule has 1 saturated heterocycles. The predicted molar refractivity (Wildman–Crippen MR) is 72.1 cm³/mol. The highest BCUT2D eigenvalue weighted by Gasteiger charge is 2.23. The van der Waals surface area contributed by atoms with E-state index in [0.717, 1.165) is 0 Å². The van der Waals surface area contributed by atoms with E-state index >= 15 is 0 Å². The van der Waals surface area contributed by atoms with Crippen molar-refractivity contribution in [3.8, 4) is 6.07 Å². The van der Waals surface area contributed by atoms with E-state index in [4.69, 9.17) is 5.26 Å². The Balaban J connectivity index is 2.06. The van der Waals surface area contributed by atoms with Crippen molar-refractivity contribution in [1.29, 1.82) is 5.26 Å². The highest BCUT2D eigenvalue weighted by atomic mass is 79.9. The molecule has 0 aromatic heterocycles. The molecule has 1 aromatic carbocycles. The summed E-state index contributed by atoms with van der Waals surface area (Å²) in [5, 5.41) is 8.62. The molecular formula is C13H13BrFN3O. The fraction of sp³-hybridized carbons (Fsp3) is 0.385. The van der Waals surface area contributed by atoms with Crippen LogP contribution >= 0.6 is 15.9 Å². The summed E-state index contributed by atoms with van der Waals surface area (Å²) in [4.78, 5) is 16.0. The van der Waals surface area contributed by atoms with Crippen molar-refractivity contribution < 1.29 is 9.18 Å². The first-order valence-electron chi connectivity index (χ1n) is 5.96. The number of hydrogen-bond donors (Lipinski definition) is 0. The largest absolute Gasteiger partial charge is 0.336 e. The summed E-state index contributed by atoms with van der Waals surface area (Å²) in [5.74, 6) is -0.614. The molecule has 0 unspecified atom stereocenters. The summed E-state index contributed by atoms with van der Waals surface area (Å²) in [6.07, 6.45) is 0. The van der Waals surface area contributed by atoms with Crippen LogP contribution in [-0.2, 0) is 0 Å². The summed E-state index contributed by atoms with van der Waals surface area (Å²) < 4.78 is 13.6. The smallest absolute Gasteiger partial charge is 0.255 e. The summed E-state index contributed by atoms with van der Waals surface area (Å²) in [6.45, 7) is 2.84. The van der Waals surface area contributed by atoms with Gasteiger partial charge in [-0.25, -0.2) is 4.39 Å². The number of nitrogens with zero attached hydrogens (tertiary/aromatic N) is 3. The first-order valence-corrected chi connectivity index (χ1v) is 6.75. The SMILES string of the molecule is N#CCN1CCN(C(=O)c2cccc(F)c2Br)CC1. The maximum atomic E-state index is 13.4. The first kappa shape index (κ1) is 14.0. The molecule has 1 fully saturated rings. The van der Waals surface area contributed by atoms with Crippen LogP contribution in [0.1, 0.15) is 10.4 Å². The quantitative estimate of drug-likeness (QED) is 0.780. The van der Waals surface area contributed by atoms with Crippen LogP contribution in [0.4, 0.5) is 4.39 Å². The van der Waals surface area contributed by atoms with E-state index in [1.807, 2.05) is 4.90 Å². The zero-order valence-electron chi connectivity index (χ0n) is 10.3. The van der Waals surface area contributed by atoms with Gasteiger partial charge in [0.25, 0.3) is 5.91 Å². The number of piperazine rings is 1. The molecule has 1 aliphatic heterocycles. The van der Waals surface area contributed by atoms with Crippen molar-refractivity contribution in [3.05, 3.63) is 34.1 Å². The number of rotatable bonds is 2. The zero-order valence-corrected chi connectivity index (χ0v) is 11.9. The van der Waals surface area contributed by atoms with Crippen LogP contribution in [0.3, 0.4) is 0 Å². The van der Waals surface area contributed by atoms with Crippen LogP contribution in [0.25, 0.3) is 0 Å². The van der Waals surface area contributed by atoms with Gasteiger partial charge in [0.05, 0.1) is 22.7 Å². The molecule has 100 valence electrons. The molecular weight excluding hydrogens is 313 g/mol. The van der Waals surface area contributed by atoms with Crippen molar-refractivity contribution in [1.82, 2.24) is 9.80 Å². The summed E-state index contributed by atoms with van der Waals surface area (Å²) in [5.41, 5.74) is 0.341. The normalized spacial score (nSPS) is 16.2. The standard InChI is InChI=1S/C13H13BrFN3O/c14-12-10(2-1-3-11(12)15)13(19)18-8-6-17(5-4-16)7-9-18/h1-3H,5-9H2. The van der Waals surface area contributed by atoms with Crippen LogP contribution in [0, 0.1) is 17.1 Å². The Morgan fingerprint density at radius 1 is 1.37 bits per heavy atom. The molecule has 1 amide bonds. The third-order valence-electron chi connectivity index (χ3n) is 3.14. The van der Waals surface area contributed by atoms with E-state index in [2.05, 4.69) is 22.0 Å². The number of carbonyl (C=O) groups is 1. The number of hydrogen-bond acceptors (Lipinski definition) is 3. The third-order valence-corrected chi connectivity index (χ3v) is 3.94. The van der Waals surface area contributed by atoms with E-state index in [1.54, 1.807) is 11.0 Å². The second-order valence-electron chi connectivity index (χ2n) is 4.33. The van der Waals surface area contributed by atoms with E-state index in [1.165, 1.54) is 12.1 Å². The average molecular weight is 326 g/mol. The lowest BCUT2D eigenvalue weighted by molar-refractivity contribution is 0.0650. The molecule has 0 atom stereocenters. The molecule has 0 bridgehead atoms. The van der Waals surface area contributed by atoms with Gasteiger partial charge in [-0.05, 0) is 28.1 Å². The molecule has 1 heterocycles. The molecule has 4 nitrogen and oxygen atoms in total. The fourth-order valence-electron chi connectivity index (χ4n) is 2.05. The first-order chi connectivity index (χ1) is 9.13. The van der Waals surface area contributed by atoms with Gasteiger partial charge in [0.15, 0.2) is 0 Å². The second-order valence-corrected chi connectivity index (χ2v) is 5.12. The molecule has 0 N–H and O–H groups in total. The molecule has 6 heteroatoms. The topological polar surface area (TPSA) is 47.3 Å². The van der Waals surface area contributed by atoms with Crippen molar-refractivity contribution in [2.45, 2.75) is 0 Å². The van der Waals surface area contributed by atoms with Crippen molar-refractivity contribution in [2.24, 2.45) is 0 Å². The van der Waals surface area contributed by atoms with E-state index < -0.39 is 5.82 Å². The maximum absolute atomic E-state index is 13.4. The Morgan fingerprint density at radius 3 is 2.68 bits per heavy atom. The minimum absolute atomic E-state index is 0.178. The fourth-order valence-corrected chi connectivity index (χ4v) is 2.48. The number of halogens is 2. The van der Waals surface area contributed by atoms with E-state index in [0.29, 0.717) is 38.3 Å². The minimum atomic E-state index is -0.436. The summed E-state index contributed by atoms with van der Waals surface area (Å²) in [6, 6.07) is 6.54.